The number of amides is 2. The third-order valence-corrected chi connectivity index (χ3v) is 8.42. The first kappa shape index (κ1) is 27.9. The van der Waals surface area contributed by atoms with Crippen LogP contribution in [0.2, 0.25) is 0 Å². The minimum absolute atomic E-state index is 0.0306. The number of benzene rings is 2. The van der Waals surface area contributed by atoms with E-state index in [2.05, 4.69) is 16.3 Å². The van der Waals surface area contributed by atoms with Crippen LogP contribution < -0.4 is 5.32 Å². The zero-order valence-corrected chi connectivity index (χ0v) is 22.9. The SMILES string of the molecule is O=C(C1CC(N(Cc2ccc([N+](=O)[O-])cc2)Cc2cccs2)CN1C(=O)c1ccc(F)cc1)N1CCCNCC1. The third-order valence-electron chi connectivity index (χ3n) is 7.56. The molecule has 1 N–H and O–H groups in total. The van der Waals surface area contributed by atoms with E-state index in [1.165, 1.54) is 36.4 Å². The van der Waals surface area contributed by atoms with E-state index in [1.807, 2.05) is 16.3 Å². The van der Waals surface area contributed by atoms with E-state index in [4.69, 9.17) is 0 Å². The smallest absolute Gasteiger partial charge is 0.269 e. The molecule has 3 aromatic rings. The van der Waals surface area contributed by atoms with Crippen molar-refractivity contribution in [3.05, 3.63) is 98.0 Å². The largest absolute Gasteiger partial charge is 0.340 e. The number of thiophene rings is 1. The number of nitrogens with zero attached hydrogens (tertiary/aromatic N) is 4. The summed E-state index contributed by atoms with van der Waals surface area (Å²) < 4.78 is 13.6. The fourth-order valence-electron chi connectivity index (χ4n) is 5.45. The van der Waals surface area contributed by atoms with Gasteiger partial charge in [0.05, 0.1) is 4.92 Å². The van der Waals surface area contributed by atoms with E-state index in [0.717, 1.165) is 23.4 Å². The molecule has 0 spiro atoms. The first-order chi connectivity index (χ1) is 19.4. The van der Waals surface area contributed by atoms with E-state index in [-0.39, 0.29) is 23.5 Å². The first-order valence-electron chi connectivity index (χ1n) is 13.4. The lowest BCUT2D eigenvalue weighted by Gasteiger charge is -2.29. The summed E-state index contributed by atoms with van der Waals surface area (Å²) >= 11 is 1.64. The van der Waals surface area contributed by atoms with Gasteiger partial charge in [0, 0.05) is 67.9 Å². The van der Waals surface area contributed by atoms with E-state index in [0.29, 0.717) is 51.3 Å². The maximum absolute atomic E-state index is 13.9. The van der Waals surface area contributed by atoms with Crippen LogP contribution in [0.3, 0.4) is 0 Å². The van der Waals surface area contributed by atoms with Crippen LogP contribution in [0.25, 0.3) is 0 Å². The Hall–Kier alpha value is -3.67. The summed E-state index contributed by atoms with van der Waals surface area (Å²) in [6.07, 6.45) is 1.31. The Morgan fingerprint density at radius 3 is 2.52 bits per heavy atom. The van der Waals surface area contributed by atoms with E-state index in [9.17, 15) is 24.1 Å². The van der Waals surface area contributed by atoms with Gasteiger partial charge in [0.25, 0.3) is 11.6 Å². The van der Waals surface area contributed by atoms with E-state index in [1.54, 1.807) is 28.4 Å². The second kappa shape index (κ2) is 12.7. The average Bonchev–Trinajstić information content (AvgIpc) is 3.56. The van der Waals surface area contributed by atoms with Gasteiger partial charge < -0.3 is 15.1 Å². The van der Waals surface area contributed by atoms with Crippen molar-refractivity contribution in [3.8, 4) is 0 Å². The van der Waals surface area contributed by atoms with E-state index >= 15 is 0 Å². The fourth-order valence-corrected chi connectivity index (χ4v) is 6.18. The second-order valence-electron chi connectivity index (χ2n) is 10.2. The molecule has 0 radical (unpaired) electrons. The van der Waals surface area contributed by atoms with Crippen LogP contribution in [0.15, 0.2) is 66.0 Å². The summed E-state index contributed by atoms with van der Waals surface area (Å²) in [5, 5.41) is 16.5. The maximum Gasteiger partial charge on any atom is 0.269 e. The summed E-state index contributed by atoms with van der Waals surface area (Å²) in [4.78, 5) is 45.2. The summed E-state index contributed by atoms with van der Waals surface area (Å²) in [7, 11) is 0. The minimum Gasteiger partial charge on any atom is -0.340 e. The van der Waals surface area contributed by atoms with Crippen LogP contribution in [-0.4, -0.2) is 76.2 Å². The molecule has 2 aliphatic rings. The lowest BCUT2D eigenvalue weighted by molar-refractivity contribution is -0.384. The molecule has 2 amide bonds. The molecule has 2 aliphatic heterocycles. The van der Waals surface area contributed by atoms with Gasteiger partial charge in [-0.05, 0) is 60.7 Å². The highest BCUT2D eigenvalue weighted by Gasteiger charge is 2.43. The highest BCUT2D eigenvalue weighted by molar-refractivity contribution is 7.09. The molecule has 0 aliphatic carbocycles. The summed E-state index contributed by atoms with van der Waals surface area (Å²) in [5.41, 5.74) is 1.28. The van der Waals surface area contributed by atoms with Gasteiger partial charge in [-0.2, -0.15) is 0 Å². The van der Waals surface area contributed by atoms with Crippen molar-refractivity contribution < 1.29 is 18.9 Å². The first-order valence-corrected chi connectivity index (χ1v) is 14.3. The van der Waals surface area contributed by atoms with Crippen LogP contribution >= 0.6 is 11.3 Å². The van der Waals surface area contributed by atoms with Crippen molar-refractivity contribution in [2.45, 2.75) is 38.0 Å². The zero-order valence-electron chi connectivity index (χ0n) is 22.1. The van der Waals surface area contributed by atoms with Crippen LogP contribution in [0.1, 0.15) is 33.6 Å². The van der Waals surface area contributed by atoms with Crippen molar-refractivity contribution >= 4 is 28.8 Å². The number of nitro benzene ring substituents is 1. The van der Waals surface area contributed by atoms with Gasteiger partial charge in [0.15, 0.2) is 0 Å². The molecule has 0 saturated carbocycles. The highest BCUT2D eigenvalue weighted by atomic mass is 32.1. The number of hydrogen-bond acceptors (Lipinski definition) is 7. The number of carbonyl (C=O) groups is 2. The molecule has 1 aromatic heterocycles. The molecular weight excluding hydrogens is 533 g/mol. The number of nitrogens with one attached hydrogen (secondary N) is 1. The minimum atomic E-state index is -0.636. The molecule has 3 heterocycles. The lowest BCUT2D eigenvalue weighted by atomic mass is 10.1. The summed E-state index contributed by atoms with van der Waals surface area (Å²) in [6.45, 7) is 4.24. The van der Waals surface area contributed by atoms with Gasteiger partial charge >= 0.3 is 0 Å². The monoisotopic (exact) mass is 565 g/mol. The Balaban J connectivity index is 1.43. The van der Waals surface area contributed by atoms with Crippen LogP contribution in [0.5, 0.6) is 0 Å². The predicted octanol–water partition coefficient (Wildman–Crippen LogP) is 3.90. The molecular formula is C29H32FN5O4S. The van der Waals surface area contributed by atoms with Crippen molar-refractivity contribution in [1.82, 2.24) is 20.0 Å². The Kier molecular flexibility index (Phi) is 8.83. The highest BCUT2D eigenvalue weighted by Crippen LogP contribution is 2.29. The van der Waals surface area contributed by atoms with Gasteiger partial charge in [-0.15, -0.1) is 11.3 Å². The molecule has 2 aromatic carbocycles. The molecule has 2 unspecified atom stereocenters. The van der Waals surface area contributed by atoms with Gasteiger partial charge in [-0.3, -0.25) is 24.6 Å². The normalized spacial score (nSPS) is 19.6. The molecule has 11 heteroatoms. The van der Waals surface area contributed by atoms with E-state index < -0.39 is 16.8 Å². The van der Waals surface area contributed by atoms with Crippen LogP contribution in [-0.2, 0) is 17.9 Å². The van der Waals surface area contributed by atoms with Crippen molar-refractivity contribution in [2.75, 3.05) is 32.7 Å². The summed E-state index contributed by atoms with van der Waals surface area (Å²) in [6, 6.07) is 15.2. The fraction of sp³-hybridized carbons (Fsp3) is 0.379. The number of likely N-dealkylation sites (tertiary alicyclic amines) is 1. The predicted molar refractivity (Wildman–Crippen MR) is 150 cm³/mol. The quantitative estimate of drug-likeness (QED) is 0.329. The van der Waals surface area contributed by atoms with Crippen LogP contribution in [0, 0.1) is 15.9 Å². The van der Waals surface area contributed by atoms with Gasteiger partial charge in [-0.1, -0.05) is 18.2 Å². The van der Waals surface area contributed by atoms with Gasteiger partial charge in [-0.25, -0.2) is 4.39 Å². The lowest BCUT2D eigenvalue weighted by Crippen LogP contribution is -2.48. The molecule has 5 rings (SSSR count). The van der Waals surface area contributed by atoms with Gasteiger partial charge in [0.2, 0.25) is 5.91 Å². The standard InChI is InChI=1S/C29H32FN5O4S/c30-23-8-6-22(7-9-23)28(36)34-19-25(17-27(34)29(37)32-14-2-12-31-13-15-32)33(20-26-3-1-16-40-26)18-21-4-10-24(11-5-21)35(38)39/h1,3-11,16,25,27,31H,2,12-15,17-20H2. The molecule has 2 fully saturated rings. The van der Waals surface area contributed by atoms with Gasteiger partial charge in [0.1, 0.15) is 11.9 Å². The second-order valence-corrected chi connectivity index (χ2v) is 11.2. The zero-order chi connectivity index (χ0) is 28.1. The molecule has 0 bridgehead atoms. The molecule has 40 heavy (non-hydrogen) atoms. The number of non-ortho nitro benzene ring substituents is 1. The van der Waals surface area contributed by atoms with Crippen molar-refractivity contribution in [3.63, 3.8) is 0 Å². The van der Waals surface area contributed by atoms with Crippen LogP contribution in [0.4, 0.5) is 10.1 Å². The Morgan fingerprint density at radius 2 is 1.82 bits per heavy atom. The third kappa shape index (κ3) is 6.55. The Bertz CT molecular complexity index is 1310. The maximum atomic E-state index is 13.9. The number of nitro groups is 1. The number of rotatable bonds is 8. The average molecular weight is 566 g/mol. The molecule has 210 valence electrons. The topological polar surface area (TPSA) is 99.0 Å². The molecule has 2 saturated heterocycles. The Labute approximate surface area is 236 Å². The summed E-state index contributed by atoms with van der Waals surface area (Å²) in [5.74, 6) is -0.779. The van der Waals surface area contributed by atoms with Crippen molar-refractivity contribution in [1.29, 1.82) is 0 Å². The number of carbonyl (C=O) groups excluding carboxylic acids is 2. The number of hydrogen-bond donors (Lipinski definition) is 1. The molecule has 2 atom stereocenters. The Morgan fingerprint density at radius 1 is 1.05 bits per heavy atom. The van der Waals surface area contributed by atoms with Crippen molar-refractivity contribution in [2.24, 2.45) is 0 Å². The number of halogens is 1. The molecule has 9 nitrogen and oxygen atoms in total.